The summed E-state index contributed by atoms with van der Waals surface area (Å²) in [6.07, 6.45) is 0. The molecule has 1 atom stereocenters. The fourth-order valence-corrected chi connectivity index (χ4v) is 1.50. The second kappa shape index (κ2) is 10.0. The van der Waals surface area contributed by atoms with E-state index in [0.717, 1.165) is 11.3 Å². The molecule has 0 amide bonds. The van der Waals surface area contributed by atoms with Gasteiger partial charge in [-0.15, -0.1) is 0 Å². The van der Waals surface area contributed by atoms with E-state index in [9.17, 15) is 4.79 Å². The van der Waals surface area contributed by atoms with Gasteiger partial charge in [0.1, 0.15) is 12.5 Å². The average Bonchev–Trinajstić information content (AvgIpc) is 2.62. The first-order chi connectivity index (χ1) is 8.07. The number of carbonyl (C=O) groups is 2. The summed E-state index contributed by atoms with van der Waals surface area (Å²) in [6.45, 7) is 12.1. The average molecular weight is 259 g/mol. The maximum atomic E-state index is 11.4. The van der Waals surface area contributed by atoms with Crippen LogP contribution in [0.25, 0.3) is 0 Å². The maximum Gasteiger partial charge on any atom is 0.355 e. The summed E-state index contributed by atoms with van der Waals surface area (Å²) in [6, 6.07) is 1.83. The van der Waals surface area contributed by atoms with Crippen molar-refractivity contribution < 1.29 is 14.3 Å². The second-order valence-electron chi connectivity index (χ2n) is 2.89. The Morgan fingerprint density at radius 3 is 2.18 bits per heavy atom. The van der Waals surface area contributed by atoms with E-state index in [1.54, 1.807) is 11.3 Å². The lowest BCUT2D eigenvalue weighted by molar-refractivity contribution is -0.0980. The van der Waals surface area contributed by atoms with Crippen molar-refractivity contribution in [2.24, 2.45) is 0 Å². The molecule has 0 spiro atoms. The first-order valence-electron chi connectivity index (χ1n) is 5.48. The number of aryl methyl sites for hydroxylation is 1. The quantitative estimate of drug-likeness (QED) is 0.606. The van der Waals surface area contributed by atoms with Gasteiger partial charge in [0.25, 0.3) is 0 Å². The van der Waals surface area contributed by atoms with E-state index in [-0.39, 0.29) is 5.97 Å². The Labute approximate surface area is 106 Å². The Morgan fingerprint density at radius 1 is 1.41 bits per heavy atom. The lowest BCUT2D eigenvalue weighted by Gasteiger charge is -2.03. The van der Waals surface area contributed by atoms with Gasteiger partial charge in [-0.05, 0) is 41.8 Å². The number of esters is 1. The van der Waals surface area contributed by atoms with Gasteiger partial charge in [-0.25, -0.2) is 4.79 Å². The number of aromatic nitrogens is 1. The van der Waals surface area contributed by atoms with Gasteiger partial charge in [0.2, 0.25) is 0 Å². The van der Waals surface area contributed by atoms with Gasteiger partial charge in [0.05, 0.1) is 6.61 Å². The highest BCUT2D eigenvalue weighted by molar-refractivity contribution is 7.14. The molecule has 5 heteroatoms. The normalized spacial score (nSPS) is 8.35. The molecule has 17 heavy (non-hydrogen) atoms. The van der Waals surface area contributed by atoms with Crippen LogP contribution in [0, 0.1) is 13.8 Å². The summed E-state index contributed by atoms with van der Waals surface area (Å²) in [5.74, 6) is -0.270. The van der Waals surface area contributed by atoms with Crippen molar-refractivity contribution in [2.45, 2.75) is 34.6 Å². The van der Waals surface area contributed by atoms with Crippen LogP contribution >= 0.6 is 9.39 Å². The minimum atomic E-state index is -0.270. The molecule has 0 aliphatic carbocycles. The Morgan fingerprint density at radius 2 is 1.88 bits per heavy atom. The number of ether oxygens (including phenoxy) is 1. The number of hydrogen-bond acceptors (Lipinski definition) is 3. The largest absolute Gasteiger partial charge is 0.461 e. The van der Waals surface area contributed by atoms with E-state index in [0.29, 0.717) is 12.3 Å². The van der Waals surface area contributed by atoms with Crippen LogP contribution in [-0.2, 0) is 9.53 Å². The predicted molar refractivity (Wildman–Crippen MR) is 73.4 cm³/mol. The van der Waals surface area contributed by atoms with Crippen LogP contribution in [0.5, 0.6) is 0 Å². The third-order valence-electron chi connectivity index (χ3n) is 2.03. The third-order valence-corrected chi connectivity index (χ3v) is 2.69. The van der Waals surface area contributed by atoms with E-state index < -0.39 is 0 Å². The number of nitrogens with zero attached hydrogens (tertiary/aromatic N) is 1. The Hall–Kier alpha value is -1.15. The van der Waals surface area contributed by atoms with E-state index in [1.165, 1.54) is 0 Å². The highest BCUT2D eigenvalue weighted by Crippen LogP contribution is 2.17. The summed E-state index contributed by atoms with van der Waals surface area (Å²) in [4.78, 5) is 19.4. The maximum absolute atomic E-state index is 11.4. The number of carbonyl (C=O) groups excluding carboxylic acids is 2. The van der Waals surface area contributed by atoms with Crippen LogP contribution in [0.3, 0.4) is 0 Å². The summed E-state index contributed by atoms with van der Waals surface area (Å²) in [7, 11) is 2.50. The lowest BCUT2D eigenvalue weighted by Crippen LogP contribution is -2.07. The van der Waals surface area contributed by atoms with Crippen molar-refractivity contribution in [3.05, 3.63) is 23.0 Å². The molecule has 1 aromatic rings. The smallest absolute Gasteiger partial charge is 0.355 e. The summed E-state index contributed by atoms with van der Waals surface area (Å²) in [5, 5.41) is 0. The fourth-order valence-electron chi connectivity index (χ4n) is 1.11. The molecular formula is C12H22NO3P. The summed E-state index contributed by atoms with van der Waals surface area (Å²) >= 11 is 0. The summed E-state index contributed by atoms with van der Waals surface area (Å²) < 4.78 is 6.68. The van der Waals surface area contributed by atoms with Gasteiger partial charge in [-0.2, -0.15) is 0 Å². The first-order valence-corrected chi connectivity index (χ1v) is 5.99. The number of hydrogen-bond donors (Lipinski definition) is 0. The van der Waals surface area contributed by atoms with Crippen LogP contribution in [0.15, 0.2) is 6.07 Å². The summed E-state index contributed by atoms with van der Waals surface area (Å²) in [5.41, 5.74) is 2.74. The zero-order valence-corrected chi connectivity index (χ0v) is 12.4. The van der Waals surface area contributed by atoms with Gasteiger partial charge in [0, 0.05) is 5.69 Å². The SMILES string of the molecule is C=O.CC.CCOC(=O)c1cc(C)c(C)n1P. The molecule has 1 aromatic heterocycles. The van der Waals surface area contributed by atoms with Crippen LogP contribution < -0.4 is 0 Å². The molecule has 0 saturated carbocycles. The Balaban J connectivity index is 0. The lowest BCUT2D eigenvalue weighted by atomic mass is 10.3. The van der Waals surface area contributed by atoms with Gasteiger partial charge in [0.15, 0.2) is 0 Å². The highest BCUT2D eigenvalue weighted by atomic mass is 31.0. The molecule has 1 rings (SSSR count). The van der Waals surface area contributed by atoms with Crippen LogP contribution in [0.4, 0.5) is 0 Å². The second-order valence-corrected chi connectivity index (χ2v) is 3.40. The standard InChI is InChI=1S/C9H14NO2P.C2H6.CH2O/c1-4-12-9(11)8-5-6(2)7(3)10(8)13;2*1-2/h5H,4,13H2,1-3H3;1-2H3;1H2. The molecule has 0 radical (unpaired) electrons. The zero-order valence-electron chi connectivity index (χ0n) is 11.2. The van der Waals surface area contributed by atoms with E-state index >= 15 is 0 Å². The number of rotatable bonds is 2. The first kappa shape index (κ1) is 18.2. The van der Waals surface area contributed by atoms with Crippen molar-refractivity contribution in [3.63, 3.8) is 0 Å². The molecule has 0 N–H and O–H groups in total. The molecule has 1 unspecified atom stereocenters. The van der Waals surface area contributed by atoms with E-state index in [2.05, 4.69) is 9.39 Å². The highest BCUT2D eigenvalue weighted by Gasteiger charge is 2.13. The monoisotopic (exact) mass is 259 g/mol. The molecule has 0 aromatic carbocycles. The van der Waals surface area contributed by atoms with E-state index in [1.807, 2.05) is 40.6 Å². The molecule has 1 heterocycles. The minimum Gasteiger partial charge on any atom is -0.461 e. The third kappa shape index (κ3) is 5.14. The van der Waals surface area contributed by atoms with Gasteiger partial charge in [-0.3, -0.25) is 0 Å². The van der Waals surface area contributed by atoms with Crippen molar-refractivity contribution in [2.75, 3.05) is 6.61 Å². The molecule has 0 bridgehead atoms. The minimum absolute atomic E-state index is 0.270. The van der Waals surface area contributed by atoms with Crippen molar-refractivity contribution >= 4 is 22.1 Å². The topological polar surface area (TPSA) is 48.3 Å². The van der Waals surface area contributed by atoms with Gasteiger partial charge >= 0.3 is 5.97 Å². The van der Waals surface area contributed by atoms with Crippen molar-refractivity contribution in [1.82, 2.24) is 4.34 Å². The van der Waals surface area contributed by atoms with Gasteiger partial charge < -0.3 is 13.9 Å². The Kier molecular flexibility index (Phi) is 10.8. The molecule has 4 nitrogen and oxygen atoms in total. The van der Waals surface area contributed by atoms with Crippen molar-refractivity contribution in [3.8, 4) is 0 Å². The molecule has 0 fully saturated rings. The fraction of sp³-hybridized carbons (Fsp3) is 0.500. The molecular weight excluding hydrogens is 237 g/mol. The molecule has 0 aliphatic rings. The van der Waals surface area contributed by atoms with E-state index in [4.69, 9.17) is 9.53 Å². The predicted octanol–water partition coefficient (Wildman–Crippen LogP) is 2.76. The van der Waals surface area contributed by atoms with Gasteiger partial charge in [-0.1, -0.05) is 13.8 Å². The molecule has 0 saturated heterocycles. The van der Waals surface area contributed by atoms with Crippen LogP contribution in [0.1, 0.15) is 42.5 Å². The van der Waals surface area contributed by atoms with Crippen LogP contribution in [-0.4, -0.2) is 23.7 Å². The molecule has 98 valence electrons. The molecule has 0 aliphatic heterocycles. The zero-order chi connectivity index (χ0) is 14.0. The Bertz CT molecular complexity index is 348. The van der Waals surface area contributed by atoms with Crippen LogP contribution in [0.2, 0.25) is 0 Å². The van der Waals surface area contributed by atoms with Crippen molar-refractivity contribution in [1.29, 1.82) is 0 Å².